The van der Waals surface area contributed by atoms with Gasteiger partial charge in [-0.15, -0.1) is 0 Å². The molecule has 2 rings (SSSR count). The summed E-state index contributed by atoms with van der Waals surface area (Å²) >= 11 is 0. The van der Waals surface area contributed by atoms with Crippen LogP contribution < -0.4 is 10.6 Å². The van der Waals surface area contributed by atoms with Crippen molar-refractivity contribution in [3.8, 4) is 0 Å². The van der Waals surface area contributed by atoms with Crippen LogP contribution in [-0.4, -0.2) is 56.7 Å². The maximum atomic E-state index is 5.72. The Labute approximate surface area is 159 Å². The van der Waals surface area contributed by atoms with Crippen LogP contribution in [0.25, 0.3) is 0 Å². The van der Waals surface area contributed by atoms with Crippen LogP contribution in [0.1, 0.15) is 38.7 Å². The molecule has 0 spiro atoms. The number of hydrogen-bond acceptors (Lipinski definition) is 3. The second-order valence-electron chi connectivity index (χ2n) is 6.89. The largest absolute Gasteiger partial charge is 0.375 e. The first-order valence-corrected chi connectivity index (χ1v) is 10.2. The van der Waals surface area contributed by atoms with Crippen molar-refractivity contribution in [2.75, 3.05) is 45.9 Å². The third-order valence-electron chi connectivity index (χ3n) is 4.96. The minimum absolute atomic E-state index is 0.659. The zero-order chi connectivity index (χ0) is 18.5. The van der Waals surface area contributed by atoms with Gasteiger partial charge in [0.1, 0.15) is 0 Å². The van der Waals surface area contributed by atoms with E-state index in [1.165, 1.54) is 44.5 Å². The molecule has 1 aromatic rings. The van der Waals surface area contributed by atoms with Crippen molar-refractivity contribution >= 4 is 5.96 Å². The second kappa shape index (κ2) is 12.7. The Morgan fingerprint density at radius 1 is 1.15 bits per heavy atom. The summed E-state index contributed by atoms with van der Waals surface area (Å²) < 4.78 is 5.72. The van der Waals surface area contributed by atoms with Crippen molar-refractivity contribution in [1.82, 2.24) is 15.5 Å². The highest BCUT2D eigenvalue weighted by atomic mass is 16.5. The predicted octanol–water partition coefficient (Wildman–Crippen LogP) is 2.88. The summed E-state index contributed by atoms with van der Waals surface area (Å²) in [6, 6.07) is 10.3. The number of nitrogens with one attached hydrogen (secondary N) is 2. The van der Waals surface area contributed by atoms with E-state index in [1.807, 2.05) is 18.2 Å². The number of nitrogens with zero attached hydrogens (tertiary/aromatic N) is 2. The third-order valence-corrected chi connectivity index (χ3v) is 4.96. The fraction of sp³-hybridized carbons (Fsp3) is 0.667. The number of piperidine rings is 1. The van der Waals surface area contributed by atoms with E-state index in [9.17, 15) is 0 Å². The average molecular weight is 361 g/mol. The van der Waals surface area contributed by atoms with Crippen LogP contribution in [0.3, 0.4) is 0 Å². The SMILES string of the molecule is CCNC(=NCCC1CCN(CC)CC1)NCCOCc1ccccc1. The molecule has 1 aliphatic rings. The maximum absolute atomic E-state index is 5.72. The Hall–Kier alpha value is -1.59. The second-order valence-corrected chi connectivity index (χ2v) is 6.89. The van der Waals surface area contributed by atoms with E-state index in [2.05, 4.69) is 41.5 Å². The Balaban J connectivity index is 1.60. The predicted molar refractivity (Wildman–Crippen MR) is 110 cm³/mol. The molecule has 0 atom stereocenters. The van der Waals surface area contributed by atoms with Gasteiger partial charge >= 0.3 is 0 Å². The first kappa shape index (κ1) is 20.7. The van der Waals surface area contributed by atoms with E-state index in [4.69, 9.17) is 9.73 Å². The number of ether oxygens (including phenoxy) is 1. The van der Waals surface area contributed by atoms with Crippen LogP contribution in [0.15, 0.2) is 35.3 Å². The molecule has 1 aliphatic heterocycles. The van der Waals surface area contributed by atoms with Crippen molar-refractivity contribution in [2.24, 2.45) is 10.9 Å². The summed E-state index contributed by atoms with van der Waals surface area (Å²) in [5.41, 5.74) is 1.21. The lowest BCUT2D eigenvalue weighted by Crippen LogP contribution is -2.39. The van der Waals surface area contributed by atoms with Crippen molar-refractivity contribution < 1.29 is 4.74 Å². The van der Waals surface area contributed by atoms with Gasteiger partial charge in [-0.3, -0.25) is 4.99 Å². The molecule has 0 bridgehead atoms. The van der Waals surface area contributed by atoms with Gasteiger partial charge < -0.3 is 20.3 Å². The van der Waals surface area contributed by atoms with Gasteiger partial charge in [-0.1, -0.05) is 37.3 Å². The van der Waals surface area contributed by atoms with Crippen LogP contribution >= 0.6 is 0 Å². The molecule has 0 saturated carbocycles. The van der Waals surface area contributed by atoms with E-state index >= 15 is 0 Å². The molecule has 5 nitrogen and oxygen atoms in total. The first-order valence-electron chi connectivity index (χ1n) is 10.2. The normalized spacial score (nSPS) is 16.6. The molecule has 1 aromatic carbocycles. The molecule has 0 aliphatic carbocycles. The molecule has 0 unspecified atom stereocenters. The summed E-state index contributed by atoms with van der Waals surface area (Å²) in [7, 11) is 0. The number of aliphatic imine (C=N–C) groups is 1. The quantitative estimate of drug-likeness (QED) is 0.383. The molecule has 1 saturated heterocycles. The highest BCUT2D eigenvalue weighted by Gasteiger charge is 2.17. The number of guanidine groups is 1. The Morgan fingerprint density at radius 3 is 2.62 bits per heavy atom. The van der Waals surface area contributed by atoms with Crippen LogP contribution in [-0.2, 0) is 11.3 Å². The fourth-order valence-corrected chi connectivity index (χ4v) is 3.30. The van der Waals surface area contributed by atoms with Crippen molar-refractivity contribution in [3.63, 3.8) is 0 Å². The van der Waals surface area contributed by atoms with E-state index < -0.39 is 0 Å². The van der Waals surface area contributed by atoms with E-state index in [1.54, 1.807) is 0 Å². The van der Waals surface area contributed by atoms with E-state index in [0.29, 0.717) is 13.2 Å². The number of benzene rings is 1. The van der Waals surface area contributed by atoms with Crippen LogP contribution in [0.4, 0.5) is 0 Å². The molecule has 1 heterocycles. The average Bonchev–Trinajstić information content (AvgIpc) is 2.69. The lowest BCUT2D eigenvalue weighted by atomic mass is 9.94. The molecule has 0 radical (unpaired) electrons. The molecule has 1 fully saturated rings. The summed E-state index contributed by atoms with van der Waals surface area (Å²) in [5.74, 6) is 1.74. The maximum Gasteiger partial charge on any atom is 0.191 e. The molecule has 26 heavy (non-hydrogen) atoms. The number of hydrogen-bond donors (Lipinski definition) is 2. The number of rotatable bonds is 10. The highest BCUT2D eigenvalue weighted by molar-refractivity contribution is 5.79. The lowest BCUT2D eigenvalue weighted by molar-refractivity contribution is 0.125. The van der Waals surface area contributed by atoms with Gasteiger partial charge in [0, 0.05) is 19.6 Å². The molecule has 0 aromatic heterocycles. The van der Waals surface area contributed by atoms with E-state index in [0.717, 1.165) is 31.5 Å². The Kier molecular flexibility index (Phi) is 10.1. The summed E-state index contributed by atoms with van der Waals surface area (Å²) in [6.45, 7) is 11.9. The van der Waals surface area contributed by atoms with Crippen molar-refractivity contribution in [2.45, 2.75) is 39.7 Å². The van der Waals surface area contributed by atoms with Gasteiger partial charge in [0.15, 0.2) is 5.96 Å². The summed E-state index contributed by atoms with van der Waals surface area (Å²) in [4.78, 5) is 7.27. The smallest absolute Gasteiger partial charge is 0.191 e. The monoisotopic (exact) mass is 360 g/mol. The van der Waals surface area contributed by atoms with Gasteiger partial charge in [0.2, 0.25) is 0 Å². The van der Waals surface area contributed by atoms with Gasteiger partial charge in [-0.25, -0.2) is 0 Å². The molecule has 5 heteroatoms. The van der Waals surface area contributed by atoms with Gasteiger partial charge in [0.05, 0.1) is 13.2 Å². The van der Waals surface area contributed by atoms with Crippen molar-refractivity contribution in [3.05, 3.63) is 35.9 Å². The first-order chi connectivity index (χ1) is 12.8. The Morgan fingerprint density at radius 2 is 1.92 bits per heavy atom. The summed E-state index contributed by atoms with van der Waals surface area (Å²) in [6.07, 6.45) is 3.83. The lowest BCUT2D eigenvalue weighted by Gasteiger charge is -2.30. The fourth-order valence-electron chi connectivity index (χ4n) is 3.30. The van der Waals surface area contributed by atoms with Gasteiger partial charge in [-0.05, 0) is 57.3 Å². The zero-order valence-corrected chi connectivity index (χ0v) is 16.5. The summed E-state index contributed by atoms with van der Waals surface area (Å²) in [5, 5.41) is 6.69. The molecule has 2 N–H and O–H groups in total. The van der Waals surface area contributed by atoms with Crippen molar-refractivity contribution in [1.29, 1.82) is 0 Å². The third kappa shape index (κ3) is 8.19. The number of likely N-dealkylation sites (tertiary alicyclic amines) is 1. The standard InChI is InChI=1S/C21H36N4O/c1-3-22-21(23-13-10-19-11-15-25(4-2)16-12-19)24-14-17-26-18-20-8-6-5-7-9-20/h5-9,19H,3-4,10-18H2,1-2H3,(H2,22,23,24). The minimum atomic E-state index is 0.659. The zero-order valence-electron chi connectivity index (χ0n) is 16.5. The minimum Gasteiger partial charge on any atom is -0.375 e. The highest BCUT2D eigenvalue weighted by Crippen LogP contribution is 2.19. The van der Waals surface area contributed by atoms with Crippen LogP contribution in [0.2, 0.25) is 0 Å². The molecular weight excluding hydrogens is 324 g/mol. The van der Waals surface area contributed by atoms with Gasteiger partial charge in [-0.2, -0.15) is 0 Å². The Bertz CT molecular complexity index is 498. The molecule has 0 amide bonds. The van der Waals surface area contributed by atoms with E-state index in [-0.39, 0.29) is 0 Å². The van der Waals surface area contributed by atoms with Gasteiger partial charge in [0.25, 0.3) is 0 Å². The topological polar surface area (TPSA) is 48.9 Å². The van der Waals surface area contributed by atoms with Crippen LogP contribution in [0.5, 0.6) is 0 Å². The molecular formula is C21H36N4O. The van der Waals surface area contributed by atoms with Crippen LogP contribution in [0, 0.1) is 5.92 Å². The molecule has 146 valence electrons.